The van der Waals surface area contributed by atoms with Gasteiger partial charge in [0.25, 0.3) is 16.7 Å². The third-order valence-corrected chi connectivity index (χ3v) is 5.28. The lowest BCUT2D eigenvalue weighted by Gasteiger charge is -2.12. The number of sulfone groups is 1. The topological polar surface area (TPSA) is 131 Å². The Bertz CT molecular complexity index is 880. The van der Waals surface area contributed by atoms with Crippen molar-refractivity contribution in [1.29, 1.82) is 0 Å². The average molecular weight is 353 g/mol. The van der Waals surface area contributed by atoms with Crippen molar-refractivity contribution in [2.24, 2.45) is 5.73 Å². The number of aromatic nitrogens is 2. The summed E-state index contributed by atoms with van der Waals surface area (Å²) in [6.07, 6.45) is 1.11. The summed E-state index contributed by atoms with van der Waals surface area (Å²) < 4.78 is 25.1. The molecule has 0 unspecified atom stereocenters. The highest BCUT2D eigenvalue weighted by Crippen LogP contribution is 2.13. The normalized spacial score (nSPS) is 11.8. The fourth-order valence-electron chi connectivity index (χ4n) is 2.43. The molecule has 2 aromatic rings. The van der Waals surface area contributed by atoms with Crippen molar-refractivity contribution in [2.75, 3.05) is 12.3 Å². The SMILES string of the molecule is CCCCS(=O)(=O)Cc1c(C(=O)CN)[n+]([O-])c2ccccc2[n+]1[O-]. The van der Waals surface area contributed by atoms with Crippen LogP contribution in [0.4, 0.5) is 0 Å². The maximum atomic E-state index is 12.6. The fourth-order valence-corrected chi connectivity index (χ4v) is 3.97. The van der Waals surface area contributed by atoms with Crippen molar-refractivity contribution in [1.82, 2.24) is 0 Å². The molecule has 0 spiro atoms. The lowest BCUT2D eigenvalue weighted by molar-refractivity contribution is -0.635. The first-order valence-electron chi connectivity index (χ1n) is 7.52. The second-order valence-electron chi connectivity index (χ2n) is 5.45. The molecular formula is C15H19N3O5S. The van der Waals surface area contributed by atoms with Gasteiger partial charge in [-0.1, -0.05) is 25.5 Å². The number of rotatable bonds is 7. The highest BCUT2D eigenvalue weighted by Gasteiger charge is 2.35. The zero-order valence-electron chi connectivity index (χ0n) is 13.3. The molecule has 0 saturated carbocycles. The molecule has 1 aromatic carbocycles. The summed E-state index contributed by atoms with van der Waals surface area (Å²) >= 11 is 0. The van der Waals surface area contributed by atoms with Gasteiger partial charge in [0.1, 0.15) is 5.75 Å². The van der Waals surface area contributed by atoms with E-state index in [9.17, 15) is 23.6 Å². The van der Waals surface area contributed by atoms with Crippen LogP contribution in [0.25, 0.3) is 11.0 Å². The number of hydrogen-bond donors (Lipinski definition) is 1. The van der Waals surface area contributed by atoms with Gasteiger partial charge < -0.3 is 16.1 Å². The zero-order valence-corrected chi connectivity index (χ0v) is 14.1. The monoisotopic (exact) mass is 353 g/mol. The first kappa shape index (κ1) is 18.1. The molecule has 1 heterocycles. The highest BCUT2D eigenvalue weighted by molar-refractivity contribution is 7.90. The van der Waals surface area contributed by atoms with Crippen LogP contribution in [-0.4, -0.2) is 26.5 Å². The summed E-state index contributed by atoms with van der Waals surface area (Å²) in [6, 6.07) is 5.89. The molecule has 0 fully saturated rings. The Hall–Kier alpha value is -2.26. The number of carbonyl (C=O) groups is 1. The quantitative estimate of drug-likeness (QED) is 0.422. The van der Waals surface area contributed by atoms with Crippen LogP contribution in [-0.2, 0) is 15.6 Å². The van der Waals surface area contributed by atoms with Crippen molar-refractivity contribution >= 4 is 26.7 Å². The van der Waals surface area contributed by atoms with Crippen LogP contribution in [0, 0.1) is 10.4 Å². The standard InChI is InChI=1S/C15H19N3O5S/c1-2-3-8-24(22,23)10-13-15(14(19)9-16)18(21)12-7-5-4-6-11(12)17(13)20/h4-7H,2-3,8-10,16H2,1H3. The number of nitrogens with two attached hydrogens (primary N) is 1. The number of para-hydroxylation sites is 2. The van der Waals surface area contributed by atoms with E-state index in [2.05, 4.69) is 0 Å². The van der Waals surface area contributed by atoms with Crippen molar-refractivity contribution < 1.29 is 22.7 Å². The van der Waals surface area contributed by atoms with E-state index < -0.39 is 33.6 Å². The molecule has 2 rings (SSSR count). The predicted octanol–water partition coefficient (Wildman–Crippen LogP) is -0.0371. The number of benzene rings is 1. The Morgan fingerprint density at radius 3 is 2.29 bits per heavy atom. The molecule has 0 aliphatic carbocycles. The Balaban J connectivity index is 2.71. The molecule has 0 saturated heterocycles. The smallest absolute Gasteiger partial charge is 0.331 e. The van der Waals surface area contributed by atoms with Crippen LogP contribution < -0.4 is 15.2 Å². The molecule has 24 heavy (non-hydrogen) atoms. The summed E-state index contributed by atoms with van der Waals surface area (Å²) in [5.74, 6) is -1.57. The second-order valence-corrected chi connectivity index (χ2v) is 7.63. The molecule has 0 atom stereocenters. The van der Waals surface area contributed by atoms with Gasteiger partial charge in [0.05, 0.1) is 12.3 Å². The van der Waals surface area contributed by atoms with Crippen LogP contribution in [0.15, 0.2) is 24.3 Å². The Morgan fingerprint density at radius 2 is 1.75 bits per heavy atom. The van der Waals surface area contributed by atoms with E-state index in [-0.39, 0.29) is 22.5 Å². The van der Waals surface area contributed by atoms with E-state index in [1.807, 2.05) is 6.92 Å². The van der Waals surface area contributed by atoms with Crippen LogP contribution in [0.3, 0.4) is 0 Å². The van der Waals surface area contributed by atoms with Gasteiger partial charge in [-0.15, -0.1) is 0 Å². The number of ketones is 1. The molecule has 0 radical (unpaired) electrons. The first-order chi connectivity index (χ1) is 11.3. The number of nitrogens with zero attached hydrogens (tertiary/aromatic N) is 2. The van der Waals surface area contributed by atoms with Gasteiger partial charge in [-0.25, -0.2) is 8.42 Å². The molecule has 0 aliphatic heterocycles. The van der Waals surface area contributed by atoms with Gasteiger partial charge in [0, 0.05) is 12.1 Å². The van der Waals surface area contributed by atoms with Gasteiger partial charge in [0.15, 0.2) is 9.84 Å². The van der Waals surface area contributed by atoms with E-state index in [0.29, 0.717) is 22.3 Å². The molecule has 130 valence electrons. The molecule has 0 aliphatic rings. The summed E-state index contributed by atoms with van der Waals surface area (Å²) in [5, 5.41) is 25.1. The summed E-state index contributed by atoms with van der Waals surface area (Å²) in [7, 11) is -3.64. The van der Waals surface area contributed by atoms with E-state index in [0.717, 1.165) is 0 Å². The number of fused-ring (bicyclic) bond motifs is 1. The molecule has 8 nitrogen and oxygen atoms in total. The number of unbranched alkanes of at least 4 members (excludes halogenated alkanes) is 1. The van der Waals surface area contributed by atoms with Gasteiger partial charge in [-0.3, -0.25) is 4.79 Å². The molecule has 0 amide bonds. The highest BCUT2D eigenvalue weighted by atomic mass is 32.2. The number of Topliss-reactive ketones (excluding diaryl/α,β-unsaturated/α-hetero) is 1. The summed E-state index contributed by atoms with van der Waals surface area (Å²) in [5.41, 5.74) is 4.42. The minimum Gasteiger partial charge on any atom is -0.618 e. The van der Waals surface area contributed by atoms with E-state index in [1.54, 1.807) is 12.1 Å². The Kier molecular flexibility index (Phi) is 5.35. The minimum absolute atomic E-state index is 0.00163. The molecular weight excluding hydrogens is 334 g/mol. The molecule has 9 heteroatoms. The van der Waals surface area contributed by atoms with Gasteiger partial charge in [0.2, 0.25) is 5.78 Å². The second kappa shape index (κ2) is 7.10. The zero-order chi connectivity index (χ0) is 17.9. The predicted molar refractivity (Wildman–Crippen MR) is 87.7 cm³/mol. The van der Waals surface area contributed by atoms with Crippen molar-refractivity contribution in [3.8, 4) is 0 Å². The summed E-state index contributed by atoms with van der Waals surface area (Å²) in [4.78, 5) is 12.1. The largest absolute Gasteiger partial charge is 0.618 e. The minimum atomic E-state index is -3.64. The van der Waals surface area contributed by atoms with E-state index >= 15 is 0 Å². The first-order valence-corrected chi connectivity index (χ1v) is 9.35. The molecule has 0 bridgehead atoms. The third-order valence-electron chi connectivity index (χ3n) is 3.66. The van der Waals surface area contributed by atoms with E-state index in [4.69, 9.17) is 5.73 Å². The fraction of sp³-hybridized carbons (Fsp3) is 0.400. The van der Waals surface area contributed by atoms with Crippen LogP contribution in [0.1, 0.15) is 35.9 Å². The van der Waals surface area contributed by atoms with Crippen LogP contribution in [0.2, 0.25) is 0 Å². The molecule has 2 N–H and O–H groups in total. The Morgan fingerprint density at radius 1 is 1.17 bits per heavy atom. The maximum absolute atomic E-state index is 12.6. The number of carbonyl (C=O) groups excluding carboxylic acids is 1. The lowest BCUT2D eigenvalue weighted by Crippen LogP contribution is -2.49. The van der Waals surface area contributed by atoms with Crippen molar-refractivity contribution in [3.63, 3.8) is 0 Å². The third kappa shape index (κ3) is 3.46. The number of hydrogen-bond acceptors (Lipinski definition) is 6. The van der Waals surface area contributed by atoms with Crippen molar-refractivity contribution in [3.05, 3.63) is 46.1 Å². The van der Waals surface area contributed by atoms with Crippen molar-refractivity contribution in [2.45, 2.75) is 25.5 Å². The lowest BCUT2D eigenvalue weighted by atomic mass is 10.2. The Labute approximate surface area is 139 Å². The van der Waals surface area contributed by atoms with Gasteiger partial charge >= 0.3 is 5.69 Å². The van der Waals surface area contributed by atoms with E-state index in [1.165, 1.54) is 12.1 Å². The summed E-state index contributed by atoms with van der Waals surface area (Å²) in [6.45, 7) is 1.34. The van der Waals surface area contributed by atoms with Gasteiger partial charge in [-0.05, 0) is 6.42 Å². The van der Waals surface area contributed by atoms with Gasteiger partial charge in [-0.2, -0.15) is 9.46 Å². The van der Waals surface area contributed by atoms with Crippen LogP contribution >= 0.6 is 0 Å². The maximum Gasteiger partial charge on any atom is 0.331 e. The molecule has 1 aromatic heterocycles. The average Bonchev–Trinajstić information content (AvgIpc) is 2.57. The van der Waals surface area contributed by atoms with Crippen LogP contribution in [0.5, 0.6) is 0 Å².